The summed E-state index contributed by atoms with van der Waals surface area (Å²) in [5, 5.41) is 1.37. The van der Waals surface area contributed by atoms with Crippen LogP contribution in [0.25, 0.3) is 22.7 Å². The maximum Gasteiger partial charge on any atom is 0.513 e. The Hall–Kier alpha value is -4.20. The zero-order chi connectivity index (χ0) is 28.6. The minimum absolute atomic E-state index is 0.0785. The van der Waals surface area contributed by atoms with Gasteiger partial charge in [-0.3, -0.25) is 9.59 Å². The Morgan fingerprint density at radius 2 is 1.12 bits per heavy atom. The van der Waals surface area contributed by atoms with Gasteiger partial charge in [0.1, 0.15) is 0 Å². The number of hydrogen-bond donors (Lipinski definition) is 0. The molecule has 0 radical (unpaired) electrons. The Morgan fingerprint density at radius 3 is 1.65 bits per heavy atom. The molecule has 8 heteroatoms. The molecule has 0 aromatic heterocycles. The highest BCUT2D eigenvalue weighted by molar-refractivity contribution is 6.58. The van der Waals surface area contributed by atoms with E-state index in [-0.39, 0.29) is 41.1 Å². The van der Waals surface area contributed by atoms with Crippen LogP contribution in [0.4, 0.5) is 9.59 Å². The minimum Gasteiger partial charge on any atom is -0.434 e. The number of unbranched alkanes of at least 4 members (excludes halogenated alkanes) is 4. The van der Waals surface area contributed by atoms with E-state index >= 15 is 0 Å². The van der Waals surface area contributed by atoms with Crippen molar-refractivity contribution in [1.82, 2.24) is 0 Å². The van der Waals surface area contributed by atoms with Crippen molar-refractivity contribution in [1.29, 1.82) is 0 Å². The molecule has 0 saturated carbocycles. The molecule has 2 aromatic rings. The number of benzene rings is 2. The van der Waals surface area contributed by atoms with Gasteiger partial charge in [-0.1, -0.05) is 82.9 Å². The number of ketones is 2. The molecular formula is C32H34O8. The molecule has 0 aliphatic heterocycles. The van der Waals surface area contributed by atoms with Crippen LogP contribution in [-0.2, 0) is 35.0 Å². The molecule has 0 fully saturated rings. The van der Waals surface area contributed by atoms with Gasteiger partial charge < -0.3 is 18.9 Å². The summed E-state index contributed by atoms with van der Waals surface area (Å²) in [6.07, 6.45) is 3.78. The second kappa shape index (κ2) is 13.2. The van der Waals surface area contributed by atoms with E-state index in [1.807, 2.05) is 26.8 Å². The standard InChI is InChI=1S/C32H34O8/c1-4-7-11-17-37-31(35)39-29-23-14-10-9-13-21(23)25-26(27(29)33)22-16-15-20(6-3)19-24(22)30(28(25)34)40-32(36)38-18-12-8-5-2/h9-10,13-16,19H,4-8,11-12,17-18H2,1-3H3. The first-order valence-electron chi connectivity index (χ1n) is 13.9. The third-order valence-corrected chi connectivity index (χ3v) is 6.87. The predicted molar refractivity (Wildman–Crippen MR) is 148 cm³/mol. The van der Waals surface area contributed by atoms with E-state index in [0.717, 1.165) is 31.2 Å². The fraction of sp³-hybridized carbons (Fsp3) is 0.375. The summed E-state index contributed by atoms with van der Waals surface area (Å²) in [7, 11) is 0. The van der Waals surface area contributed by atoms with Crippen molar-refractivity contribution < 1.29 is 38.1 Å². The molecule has 210 valence electrons. The number of Topliss-reactive ketones (excluding diaryl/α,β-unsaturated/α-hetero) is 2. The number of ether oxygens (including phenoxy) is 4. The summed E-state index contributed by atoms with van der Waals surface area (Å²) >= 11 is 0. The van der Waals surface area contributed by atoms with Crippen molar-refractivity contribution in [2.24, 2.45) is 0 Å². The summed E-state index contributed by atoms with van der Waals surface area (Å²) in [6.45, 7) is 6.38. The van der Waals surface area contributed by atoms with Gasteiger partial charge in [-0.05, 0) is 41.3 Å². The van der Waals surface area contributed by atoms with Crippen LogP contribution in [0.1, 0.15) is 64.9 Å². The first-order chi connectivity index (χ1) is 19.4. The van der Waals surface area contributed by atoms with Gasteiger partial charge >= 0.3 is 12.3 Å². The van der Waals surface area contributed by atoms with Crippen LogP contribution in [0.15, 0.2) is 42.5 Å². The molecule has 4 rings (SSSR count). The number of aryl methyl sites for hydroxylation is 1. The van der Waals surface area contributed by atoms with Crippen LogP contribution in [-0.4, -0.2) is 37.1 Å². The molecule has 0 spiro atoms. The number of fused-ring (bicyclic) bond motifs is 3. The Balaban J connectivity index is 1.85. The van der Waals surface area contributed by atoms with Gasteiger partial charge in [0.05, 0.1) is 13.2 Å². The van der Waals surface area contributed by atoms with Gasteiger partial charge in [-0.25, -0.2) is 9.59 Å². The van der Waals surface area contributed by atoms with Crippen LogP contribution >= 0.6 is 0 Å². The summed E-state index contributed by atoms with van der Waals surface area (Å²) in [5.74, 6) is -1.66. The average molecular weight is 547 g/mol. The summed E-state index contributed by atoms with van der Waals surface area (Å²) in [5.41, 5.74) is 1.04. The van der Waals surface area contributed by atoms with Gasteiger partial charge in [0.2, 0.25) is 11.6 Å². The Morgan fingerprint density at radius 1 is 0.625 bits per heavy atom. The highest BCUT2D eigenvalue weighted by Crippen LogP contribution is 2.26. The highest BCUT2D eigenvalue weighted by Gasteiger charge is 2.37. The Labute approximate surface area is 232 Å². The summed E-state index contributed by atoms with van der Waals surface area (Å²) in [4.78, 5) is 52.9. The average Bonchev–Trinajstić information content (AvgIpc) is 2.96. The van der Waals surface area contributed by atoms with Crippen molar-refractivity contribution >= 4 is 46.5 Å². The lowest BCUT2D eigenvalue weighted by molar-refractivity contribution is -0.112. The van der Waals surface area contributed by atoms with Gasteiger partial charge in [-0.2, -0.15) is 0 Å². The van der Waals surface area contributed by atoms with Gasteiger partial charge in [0, 0.05) is 21.6 Å². The first kappa shape index (κ1) is 28.8. The SMILES string of the molecule is CCCCCOC(=O)OC1=c2ccccc2=C2C(=O)C(OC(=O)OCCCCC)=c3cc(CC)ccc3=C2C1=O. The zero-order valence-corrected chi connectivity index (χ0v) is 23.2. The van der Waals surface area contributed by atoms with Crippen LogP contribution in [0.2, 0.25) is 0 Å². The molecule has 0 amide bonds. The first-order valence-corrected chi connectivity index (χ1v) is 13.9. The lowest BCUT2D eigenvalue weighted by Crippen LogP contribution is -2.48. The van der Waals surface area contributed by atoms with Crippen molar-refractivity contribution in [2.45, 2.75) is 65.7 Å². The minimum atomic E-state index is -0.983. The number of hydrogen-bond acceptors (Lipinski definition) is 8. The van der Waals surface area contributed by atoms with Crippen molar-refractivity contribution in [3.05, 3.63) is 68.9 Å². The van der Waals surface area contributed by atoms with E-state index in [1.54, 1.807) is 36.4 Å². The number of rotatable bonds is 11. The zero-order valence-electron chi connectivity index (χ0n) is 23.2. The molecule has 0 saturated heterocycles. The van der Waals surface area contributed by atoms with Crippen molar-refractivity contribution in [2.75, 3.05) is 13.2 Å². The summed E-state index contributed by atoms with van der Waals surface area (Å²) in [6, 6.07) is 11.9. The molecule has 0 atom stereocenters. The van der Waals surface area contributed by atoms with Crippen molar-refractivity contribution in [3.63, 3.8) is 0 Å². The molecule has 2 aliphatic carbocycles. The predicted octanol–water partition coefficient (Wildman–Crippen LogP) is 3.32. The van der Waals surface area contributed by atoms with Crippen LogP contribution in [0, 0.1) is 0 Å². The Kier molecular flexibility index (Phi) is 9.53. The van der Waals surface area contributed by atoms with E-state index in [9.17, 15) is 19.2 Å². The monoisotopic (exact) mass is 546 g/mol. The topological polar surface area (TPSA) is 105 Å². The second-order valence-electron chi connectivity index (χ2n) is 9.66. The Bertz CT molecular complexity index is 1580. The third-order valence-electron chi connectivity index (χ3n) is 6.87. The van der Waals surface area contributed by atoms with E-state index in [4.69, 9.17) is 18.9 Å². The van der Waals surface area contributed by atoms with Crippen LogP contribution in [0.5, 0.6) is 0 Å². The van der Waals surface area contributed by atoms with Gasteiger partial charge in [0.15, 0.2) is 11.5 Å². The van der Waals surface area contributed by atoms with E-state index in [0.29, 0.717) is 34.9 Å². The molecule has 0 N–H and O–H groups in total. The molecule has 2 aromatic carbocycles. The van der Waals surface area contributed by atoms with E-state index in [1.165, 1.54) is 0 Å². The molecule has 0 bridgehead atoms. The summed E-state index contributed by atoms with van der Waals surface area (Å²) < 4.78 is 21.4. The normalized spacial score (nSPS) is 13.9. The maximum atomic E-state index is 14.0. The molecule has 8 nitrogen and oxygen atoms in total. The fourth-order valence-electron chi connectivity index (χ4n) is 4.77. The van der Waals surface area contributed by atoms with Gasteiger partial charge in [-0.15, -0.1) is 0 Å². The molecule has 0 heterocycles. The van der Waals surface area contributed by atoms with Gasteiger partial charge in [0.25, 0.3) is 0 Å². The lowest BCUT2D eigenvalue weighted by Gasteiger charge is -2.22. The van der Waals surface area contributed by atoms with Crippen LogP contribution < -0.4 is 20.9 Å². The maximum absolute atomic E-state index is 14.0. The largest absolute Gasteiger partial charge is 0.513 e. The number of carbonyl (C=O) groups is 4. The molecule has 2 aliphatic rings. The third kappa shape index (κ3) is 6.01. The van der Waals surface area contributed by atoms with E-state index < -0.39 is 23.9 Å². The highest BCUT2D eigenvalue weighted by atomic mass is 16.7. The van der Waals surface area contributed by atoms with Crippen LogP contribution in [0.3, 0.4) is 0 Å². The van der Waals surface area contributed by atoms with E-state index in [2.05, 4.69) is 0 Å². The molecule has 40 heavy (non-hydrogen) atoms. The molecule has 0 unspecified atom stereocenters. The second-order valence-corrected chi connectivity index (χ2v) is 9.66. The quantitative estimate of drug-likeness (QED) is 0.312. The lowest BCUT2D eigenvalue weighted by atomic mass is 9.83. The van der Waals surface area contributed by atoms with Crippen molar-refractivity contribution in [3.8, 4) is 0 Å². The number of carbonyl (C=O) groups excluding carboxylic acids is 4. The smallest absolute Gasteiger partial charge is 0.434 e. The molecular weight excluding hydrogens is 512 g/mol. The fourth-order valence-corrected chi connectivity index (χ4v) is 4.77.